The van der Waals surface area contributed by atoms with Crippen molar-refractivity contribution in [1.29, 1.82) is 0 Å². The number of alkyl halides is 3. The lowest BCUT2D eigenvalue weighted by atomic mass is 10.2. The Bertz CT molecular complexity index is 716. The van der Waals surface area contributed by atoms with Gasteiger partial charge in [0.25, 0.3) is 0 Å². The van der Waals surface area contributed by atoms with E-state index in [0.717, 1.165) is 18.7 Å². The number of guanidine groups is 1. The van der Waals surface area contributed by atoms with Crippen LogP contribution in [0.2, 0.25) is 0 Å². The molecule has 0 radical (unpaired) electrons. The predicted octanol–water partition coefficient (Wildman–Crippen LogP) is 2.50. The molecule has 0 saturated carbocycles. The second kappa shape index (κ2) is 10.6. The van der Waals surface area contributed by atoms with E-state index in [0.29, 0.717) is 19.0 Å². The second-order valence-electron chi connectivity index (χ2n) is 6.05. The first-order valence-corrected chi connectivity index (χ1v) is 8.99. The van der Waals surface area contributed by atoms with Gasteiger partial charge in [-0.25, -0.2) is 0 Å². The van der Waals surface area contributed by atoms with E-state index in [4.69, 9.17) is 4.74 Å². The smallest absolute Gasteiger partial charge is 0.416 e. The van der Waals surface area contributed by atoms with Crippen LogP contribution in [-0.4, -0.2) is 48.0 Å². The zero-order valence-electron chi connectivity index (χ0n) is 15.6. The van der Waals surface area contributed by atoms with Gasteiger partial charge in [-0.1, -0.05) is 0 Å². The molecule has 0 aliphatic carbocycles. The number of nitrogens with one attached hydrogen (secondary N) is 2. The van der Waals surface area contributed by atoms with Crippen LogP contribution in [0, 0.1) is 0 Å². The monoisotopic (exact) mass is 398 g/mol. The fourth-order valence-corrected chi connectivity index (χ4v) is 2.35. The zero-order chi connectivity index (χ0) is 20.4. The highest BCUT2D eigenvalue weighted by Gasteiger charge is 2.30. The van der Waals surface area contributed by atoms with E-state index in [1.54, 1.807) is 0 Å². The number of halogens is 3. The van der Waals surface area contributed by atoms with Crippen molar-refractivity contribution in [2.45, 2.75) is 25.7 Å². The lowest BCUT2D eigenvalue weighted by Gasteiger charge is -2.14. The molecule has 0 amide bonds. The van der Waals surface area contributed by atoms with Gasteiger partial charge in [-0.3, -0.25) is 4.99 Å². The molecule has 1 aromatic heterocycles. The van der Waals surface area contributed by atoms with Crippen molar-refractivity contribution in [3.63, 3.8) is 0 Å². The van der Waals surface area contributed by atoms with Crippen LogP contribution in [0.5, 0.6) is 5.75 Å². The Morgan fingerprint density at radius 1 is 1.18 bits per heavy atom. The molecule has 0 spiro atoms. The highest BCUT2D eigenvalue weighted by molar-refractivity contribution is 5.79. The molecule has 1 atom stereocenters. The summed E-state index contributed by atoms with van der Waals surface area (Å²) in [7, 11) is 0. The number of hydrogen-bond acceptors (Lipinski definition) is 3. The summed E-state index contributed by atoms with van der Waals surface area (Å²) in [6, 6.07) is 8.24. The van der Waals surface area contributed by atoms with Crippen LogP contribution < -0.4 is 15.4 Å². The molecule has 0 fully saturated rings. The van der Waals surface area contributed by atoms with E-state index in [9.17, 15) is 18.3 Å². The molecule has 154 valence electrons. The van der Waals surface area contributed by atoms with Crippen molar-refractivity contribution >= 4 is 5.96 Å². The SMILES string of the molecule is CCNC(=NCC(O)COc1ccc(C(F)(F)F)cc1)NCCn1cccc1. The molecular formula is C19H25F3N4O2. The first-order chi connectivity index (χ1) is 13.4. The summed E-state index contributed by atoms with van der Waals surface area (Å²) in [5.74, 6) is 0.830. The van der Waals surface area contributed by atoms with E-state index >= 15 is 0 Å². The van der Waals surface area contributed by atoms with E-state index in [-0.39, 0.29) is 18.9 Å². The molecule has 3 N–H and O–H groups in total. The molecule has 0 aliphatic heterocycles. The Balaban J connectivity index is 1.76. The highest BCUT2D eigenvalue weighted by atomic mass is 19.4. The highest BCUT2D eigenvalue weighted by Crippen LogP contribution is 2.30. The molecule has 1 aromatic carbocycles. The van der Waals surface area contributed by atoms with Gasteiger partial charge in [0, 0.05) is 32.0 Å². The van der Waals surface area contributed by atoms with E-state index in [1.807, 2.05) is 36.0 Å². The van der Waals surface area contributed by atoms with Crippen molar-refractivity contribution in [3.05, 3.63) is 54.4 Å². The molecule has 9 heteroatoms. The van der Waals surface area contributed by atoms with E-state index < -0.39 is 17.8 Å². The summed E-state index contributed by atoms with van der Waals surface area (Å²) in [6.07, 6.45) is -1.34. The standard InChI is InChI=1S/C19H25F3N4O2/c1-2-23-18(24-9-12-26-10-3-4-11-26)25-13-16(27)14-28-17-7-5-15(6-8-17)19(20,21)22/h3-8,10-11,16,27H,2,9,12-14H2,1H3,(H2,23,24,25). The lowest BCUT2D eigenvalue weighted by molar-refractivity contribution is -0.137. The number of ether oxygens (including phenoxy) is 1. The number of aliphatic hydroxyl groups excluding tert-OH is 1. The first kappa shape index (κ1) is 21.6. The molecule has 0 saturated heterocycles. The summed E-state index contributed by atoms with van der Waals surface area (Å²) >= 11 is 0. The van der Waals surface area contributed by atoms with Gasteiger partial charge in [-0.15, -0.1) is 0 Å². The molecular weight excluding hydrogens is 373 g/mol. The third kappa shape index (κ3) is 7.51. The quantitative estimate of drug-likeness (QED) is 0.448. The molecule has 28 heavy (non-hydrogen) atoms. The summed E-state index contributed by atoms with van der Waals surface area (Å²) in [5, 5.41) is 16.3. The first-order valence-electron chi connectivity index (χ1n) is 8.99. The minimum absolute atomic E-state index is 0.0718. The maximum atomic E-state index is 12.5. The normalized spacial score (nSPS) is 13.2. The maximum Gasteiger partial charge on any atom is 0.416 e. The zero-order valence-corrected chi connectivity index (χ0v) is 15.6. The van der Waals surface area contributed by atoms with Crippen LogP contribution >= 0.6 is 0 Å². The van der Waals surface area contributed by atoms with Crippen molar-refractivity contribution in [3.8, 4) is 5.75 Å². The number of rotatable bonds is 9. The molecule has 0 bridgehead atoms. The third-order valence-electron chi connectivity index (χ3n) is 3.76. The molecule has 2 aromatic rings. The van der Waals surface area contributed by atoms with Crippen LogP contribution in [-0.2, 0) is 12.7 Å². The number of aliphatic hydroxyl groups is 1. The third-order valence-corrected chi connectivity index (χ3v) is 3.76. The van der Waals surface area contributed by atoms with E-state index in [2.05, 4.69) is 15.6 Å². The topological polar surface area (TPSA) is 70.8 Å². The van der Waals surface area contributed by atoms with Gasteiger partial charge in [0.05, 0.1) is 12.1 Å². The van der Waals surface area contributed by atoms with Gasteiger partial charge in [-0.2, -0.15) is 13.2 Å². The fraction of sp³-hybridized carbons (Fsp3) is 0.421. The largest absolute Gasteiger partial charge is 0.491 e. The van der Waals surface area contributed by atoms with Crippen molar-refractivity contribution < 1.29 is 23.0 Å². The van der Waals surface area contributed by atoms with Crippen LogP contribution in [0.1, 0.15) is 12.5 Å². The van der Waals surface area contributed by atoms with Gasteiger partial charge in [0.15, 0.2) is 5.96 Å². The second-order valence-corrected chi connectivity index (χ2v) is 6.05. The summed E-state index contributed by atoms with van der Waals surface area (Å²) in [4.78, 5) is 4.30. The molecule has 2 rings (SSSR count). The summed E-state index contributed by atoms with van der Waals surface area (Å²) < 4.78 is 45.0. The van der Waals surface area contributed by atoms with Crippen molar-refractivity contribution in [2.24, 2.45) is 4.99 Å². The Morgan fingerprint density at radius 3 is 2.46 bits per heavy atom. The number of hydrogen-bond donors (Lipinski definition) is 3. The Morgan fingerprint density at radius 2 is 1.86 bits per heavy atom. The van der Waals surface area contributed by atoms with Gasteiger partial charge in [0.2, 0.25) is 0 Å². The molecule has 1 unspecified atom stereocenters. The number of nitrogens with zero attached hydrogens (tertiary/aromatic N) is 2. The van der Waals surface area contributed by atoms with Crippen molar-refractivity contribution in [2.75, 3.05) is 26.2 Å². The fourth-order valence-electron chi connectivity index (χ4n) is 2.35. The van der Waals surface area contributed by atoms with Gasteiger partial charge in [0.1, 0.15) is 18.5 Å². The number of aliphatic imine (C=N–C) groups is 1. The van der Waals surface area contributed by atoms with Crippen LogP contribution in [0.3, 0.4) is 0 Å². The van der Waals surface area contributed by atoms with Crippen LogP contribution in [0.25, 0.3) is 0 Å². The Kier molecular flexibility index (Phi) is 8.19. The summed E-state index contributed by atoms with van der Waals surface area (Å²) in [6.45, 7) is 4.08. The average Bonchev–Trinajstić information content (AvgIpc) is 3.17. The lowest BCUT2D eigenvalue weighted by Crippen LogP contribution is -2.39. The molecule has 6 nitrogen and oxygen atoms in total. The maximum absolute atomic E-state index is 12.5. The average molecular weight is 398 g/mol. The van der Waals surface area contributed by atoms with Crippen LogP contribution in [0.15, 0.2) is 53.8 Å². The van der Waals surface area contributed by atoms with Gasteiger partial charge in [-0.05, 0) is 43.3 Å². The molecule has 0 aliphatic rings. The Labute approximate surface area is 162 Å². The van der Waals surface area contributed by atoms with Gasteiger partial charge < -0.3 is 25.0 Å². The number of benzene rings is 1. The Hall–Kier alpha value is -2.68. The predicted molar refractivity (Wildman–Crippen MR) is 101 cm³/mol. The van der Waals surface area contributed by atoms with E-state index in [1.165, 1.54) is 12.1 Å². The van der Waals surface area contributed by atoms with Crippen LogP contribution in [0.4, 0.5) is 13.2 Å². The van der Waals surface area contributed by atoms with Gasteiger partial charge >= 0.3 is 6.18 Å². The minimum atomic E-state index is -4.39. The summed E-state index contributed by atoms with van der Waals surface area (Å²) in [5.41, 5.74) is -0.744. The van der Waals surface area contributed by atoms with Crippen molar-refractivity contribution in [1.82, 2.24) is 15.2 Å². The molecule has 1 heterocycles. The number of aromatic nitrogens is 1. The minimum Gasteiger partial charge on any atom is -0.491 e.